The molecule has 0 atom stereocenters. The van der Waals surface area contributed by atoms with Gasteiger partial charge in [-0.15, -0.1) is 0 Å². The van der Waals surface area contributed by atoms with Crippen molar-refractivity contribution in [2.75, 3.05) is 0 Å². The summed E-state index contributed by atoms with van der Waals surface area (Å²) in [6.07, 6.45) is 4.58. The van der Waals surface area contributed by atoms with Gasteiger partial charge in [0.15, 0.2) is 0 Å². The molecule has 4 aromatic rings. The van der Waals surface area contributed by atoms with Gasteiger partial charge in [0.25, 0.3) is 0 Å². The highest BCUT2D eigenvalue weighted by Crippen LogP contribution is 2.37. The Morgan fingerprint density at radius 3 is 2.67 bits per heavy atom. The highest BCUT2D eigenvalue weighted by molar-refractivity contribution is 7.10. The maximum absolute atomic E-state index is 12.7. The summed E-state index contributed by atoms with van der Waals surface area (Å²) < 4.78 is 1.44. The second-order valence-electron chi connectivity index (χ2n) is 7.30. The average Bonchev–Trinajstić information content (AvgIpc) is 3.30. The molecule has 0 saturated heterocycles. The number of aryl methyl sites for hydroxylation is 1. The van der Waals surface area contributed by atoms with Crippen LogP contribution in [0.2, 0.25) is 0 Å². The van der Waals surface area contributed by atoms with Crippen molar-refractivity contribution in [1.82, 2.24) is 4.57 Å². The zero-order chi connectivity index (χ0) is 20.7. The van der Waals surface area contributed by atoms with Crippen molar-refractivity contribution in [1.29, 1.82) is 0 Å². The van der Waals surface area contributed by atoms with E-state index in [-0.39, 0.29) is 10.8 Å². The van der Waals surface area contributed by atoms with E-state index in [1.54, 1.807) is 0 Å². The SMILES string of the molecule is CCc1cccc2c1N=CC2=Cc1sc(=O)n(Cc2cccc3ccccc23)c1O. The summed E-state index contributed by atoms with van der Waals surface area (Å²) in [6.45, 7) is 2.44. The molecule has 30 heavy (non-hydrogen) atoms. The Balaban J connectivity index is 1.54. The number of rotatable bonds is 4. The number of aliphatic imine (C=N–C) groups is 1. The van der Waals surface area contributed by atoms with Crippen LogP contribution < -0.4 is 4.87 Å². The minimum absolute atomic E-state index is 0.000990. The van der Waals surface area contributed by atoms with Gasteiger partial charge in [0.1, 0.15) is 0 Å². The molecule has 1 N–H and O–H groups in total. The van der Waals surface area contributed by atoms with Gasteiger partial charge < -0.3 is 5.11 Å². The van der Waals surface area contributed by atoms with Gasteiger partial charge in [-0.25, -0.2) is 0 Å². The fourth-order valence-electron chi connectivity index (χ4n) is 3.97. The summed E-state index contributed by atoms with van der Waals surface area (Å²) in [5, 5.41) is 13.0. The van der Waals surface area contributed by atoms with Gasteiger partial charge in [-0.3, -0.25) is 14.4 Å². The smallest absolute Gasteiger partial charge is 0.310 e. The standard InChI is InChI=1S/C25H20N2O2S/c1-2-16-8-6-12-21-19(14-26-23(16)21)13-22-24(28)27(25(29)30-22)15-18-10-5-9-17-7-3-4-11-20(17)18/h3-14,28H,2,15H2,1H3. The van der Waals surface area contributed by atoms with E-state index in [4.69, 9.17) is 0 Å². The number of fused-ring (bicyclic) bond motifs is 2. The van der Waals surface area contributed by atoms with Gasteiger partial charge in [0.2, 0.25) is 5.88 Å². The number of nitrogens with zero attached hydrogens (tertiary/aromatic N) is 2. The molecule has 0 amide bonds. The first-order valence-electron chi connectivity index (χ1n) is 9.93. The number of benzene rings is 3. The summed E-state index contributed by atoms with van der Waals surface area (Å²) >= 11 is 1.06. The first-order chi connectivity index (χ1) is 14.7. The largest absolute Gasteiger partial charge is 0.493 e. The van der Waals surface area contributed by atoms with Crippen LogP contribution in [-0.4, -0.2) is 15.9 Å². The van der Waals surface area contributed by atoms with Crippen LogP contribution in [0.25, 0.3) is 22.4 Å². The Labute approximate surface area is 178 Å². The first-order valence-corrected chi connectivity index (χ1v) is 10.7. The molecule has 0 bridgehead atoms. The number of hydrogen-bond donors (Lipinski definition) is 1. The zero-order valence-corrected chi connectivity index (χ0v) is 17.3. The summed E-state index contributed by atoms with van der Waals surface area (Å²) in [7, 11) is 0. The first kappa shape index (κ1) is 18.6. The molecule has 3 aromatic carbocycles. The Morgan fingerprint density at radius 1 is 1.03 bits per heavy atom. The molecular weight excluding hydrogens is 392 g/mol. The molecule has 5 rings (SSSR count). The van der Waals surface area contributed by atoms with Crippen molar-refractivity contribution >= 4 is 45.7 Å². The summed E-state index contributed by atoms with van der Waals surface area (Å²) in [5.41, 5.74) is 5.12. The van der Waals surface area contributed by atoms with Crippen molar-refractivity contribution in [2.24, 2.45) is 4.99 Å². The van der Waals surface area contributed by atoms with Crippen molar-refractivity contribution in [2.45, 2.75) is 19.9 Å². The van der Waals surface area contributed by atoms with Crippen LogP contribution in [0.15, 0.2) is 70.5 Å². The van der Waals surface area contributed by atoms with E-state index >= 15 is 0 Å². The van der Waals surface area contributed by atoms with Crippen molar-refractivity contribution in [3.05, 3.63) is 91.9 Å². The van der Waals surface area contributed by atoms with Gasteiger partial charge in [-0.05, 0) is 34.4 Å². The zero-order valence-electron chi connectivity index (χ0n) is 16.5. The molecule has 0 saturated carbocycles. The third-order valence-electron chi connectivity index (χ3n) is 5.53. The quantitative estimate of drug-likeness (QED) is 0.472. The van der Waals surface area contributed by atoms with Gasteiger partial charge in [-0.1, -0.05) is 78.9 Å². The molecule has 1 aliphatic heterocycles. The molecule has 4 nitrogen and oxygen atoms in total. The minimum Gasteiger partial charge on any atom is -0.493 e. The van der Waals surface area contributed by atoms with E-state index in [0.717, 1.165) is 50.9 Å². The lowest BCUT2D eigenvalue weighted by atomic mass is 10.0. The molecule has 0 spiro atoms. The number of thiazole rings is 1. The maximum Gasteiger partial charge on any atom is 0.310 e. The second-order valence-corrected chi connectivity index (χ2v) is 8.30. The molecule has 5 heteroatoms. The predicted octanol–water partition coefficient (Wildman–Crippen LogP) is 5.64. The number of aromatic hydroxyl groups is 1. The highest BCUT2D eigenvalue weighted by atomic mass is 32.1. The predicted molar refractivity (Wildman–Crippen MR) is 125 cm³/mol. The number of allylic oxidation sites excluding steroid dienone is 1. The molecule has 1 aromatic heterocycles. The lowest BCUT2D eigenvalue weighted by Gasteiger charge is -2.08. The molecule has 2 heterocycles. The topological polar surface area (TPSA) is 54.6 Å². The van der Waals surface area contributed by atoms with Gasteiger partial charge in [0, 0.05) is 17.4 Å². The highest BCUT2D eigenvalue weighted by Gasteiger charge is 2.18. The molecular formula is C25H20N2O2S. The lowest BCUT2D eigenvalue weighted by Crippen LogP contribution is -2.13. The van der Waals surface area contributed by atoms with Gasteiger partial charge >= 0.3 is 4.87 Å². The lowest BCUT2D eigenvalue weighted by molar-refractivity contribution is 0.421. The number of hydrogen-bond acceptors (Lipinski definition) is 4. The van der Waals surface area contributed by atoms with E-state index in [1.165, 1.54) is 10.1 Å². The summed E-state index contributed by atoms with van der Waals surface area (Å²) in [4.78, 5) is 17.6. The Hall–Kier alpha value is -3.44. The Morgan fingerprint density at radius 2 is 1.80 bits per heavy atom. The van der Waals surface area contributed by atoms with Gasteiger partial charge in [0.05, 0.1) is 17.1 Å². The fraction of sp³-hybridized carbons (Fsp3) is 0.120. The maximum atomic E-state index is 12.7. The summed E-state index contributed by atoms with van der Waals surface area (Å²) in [5.74, 6) is -0.000990. The van der Waals surface area contributed by atoms with Crippen LogP contribution >= 0.6 is 11.3 Å². The van der Waals surface area contributed by atoms with E-state index in [0.29, 0.717) is 11.4 Å². The van der Waals surface area contributed by atoms with Crippen molar-refractivity contribution in [3.8, 4) is 5.88 Å². The minimum atomic E-state index is -0.176. The van der Waals surface area contributed by atoms with Gasteiger partial charge in [-0.2, -0.15) is 0 Å². The summed E-state index contributed by atoms with van der Waals surface area (Å²) in [6, 6.07) is 20.2. The normalized spacial score (nSPS) is 14.0. The van der Waals surface area contributed by atoms with E-state index in [1.807, 2.05) is 66.9 Å². The van der Waals surface area contributed by atoms with Crippen LogP contribution in [0.5, 0.6) is 5.88 Å². The molecule has 0 unspecified atom stereocenters. The molecule has 0 fully saturated rings. The van der Waals surface area contributed by atoms with E-state index < -0.39 is 0 Å². The van der Waals surface area contributed by atoms with E-state index in [2.05, 4.69) is 18.0 Å². The van der Waals surface area contributed by atoms with E-state index in [9.17, 15) is 9.90 Å². The Bertz CT molecular complexity index is 1390. The van der Waals surface area contributed by atoms with Crippen LogP contribution in [-0.2, 0) is 13.0 Å². The van der Waals surface area contributed by atoms with Crippen molar-refractivity contribution < 1.29 is 5.11 Å². The van der Waals surface area contributed by atoms with Crippen LogP contribution in [0, 0.1) is 0 Å². The molecule has 1 aliphatic rings. The fourth-order valence-corrected chi connectivity index (χ4v) is 4.81. The number of para-hydroxylation sites is 1. The van der Waals surface area contributed by atoms with Crippen molar-refractivity contribution in [3.63, 3.8) is 0 Å². The van der Waals surface area contributed by atoms with Crippen LogP contribution in [0.3, 0.4) is 0 Å². The Kier molecular flexibility index (Phi) is 4.60. The molecule has 148 valence electrons. The second kappa shape index (κ2) is 7.43. The van der Waals surface area contributed by atoms with Crippen LogP contribution in [0.1, 0.15) is 28.5 Å². The molecule has 0 aliphatic carbocycles. The average molecular weight is 413 g/mol. The number of aromatic nitrogens is 1. The third kappa shape index (κ3) is 3.08. The van der Waals surface area contributed by atoms with Crippen LogP contribution in [0.4, 0.5) is 5.69 Å². The monoisotopic (exact) mass is 412 g/mol. The molecule has 0 radical (unpaired) electrons. The third-order valence-corrected chi connectivity index (χ3v) is 6.45.